The van der Waals surface area contributed by atoms with Crippen LogP contribution < -0.4 is 5.32 Å². The Balaban J connectivity index is 2.24. The third-order valence-electron chi connectivity index (χ3n) is 3.62. The molecule has 0 unspecified atom stereocenters. The average molecular weight is 315 g/mol. The highest BCUT2D eigenvalue weighted by molar-refractivity contribution is 6.05. The molecule has 0 spiro atoms. The quantitative estimate of drug-likeness (QED) is 0.888. The van der Waals surface area contributed by atoms with Crippen molar-refractivity contribution < 1.29 is 14.7 Å². The molecule has 6 heteroatoms. The van der Waals surface area contributed by atoms with Crippen molar-refractivity contribution in [1.82, 2.24) is 9.78 Å². The Morgan fingerprint density at radius 2 is 2.00 bits per heavy atom. The summed E-state index contributed by atoms with van der Waals surface area (Å²) in [5, 5.41) is 16.1. The summed E-state index contributed by atoms with van der Waals surface area (Å²) in [4.78, 5) is 23.5. The van der Waals surface area contributed by atoms with E-state index in [0.717, 1.165) is 17.8 Å². The number of benzene rings is 1. The first-order valence-electron chi connectivity index (χ1n) is 7.47. The normalized spacial score (nSPS) is 10.8. The first-order valence-corrected chi connectivity index (χ1v) is 7.47. The first-order chi connectivity index (χ1) is 10.8. The second-order valence-electron chi connectivity index (χ2n) is 6.01. The zero-order valence-corrected chi connectivity index (χ0v) is 13.8. The second-order valence-corrected chi connectivity index (χ2v) is 6.01. The highest BCUT2D eigenvalue weighted by Gasteiger charge is 2.16. The van der Waals surface area contributed by atoms with Crippen molar-refractivity contribution in [3.8, 4) is 0 Å². The molecule has 0 fully saturated rings. The number of carbonyl (C=O) groups is 2. The molecule has 0 aliphatic rings. The van der Waals surface area contributed by atoms with Gasteiger partial charge in [0.25, 0.3) is 5.91 Å². The Morgan fingerprint density at radius 3 is 2.61 bits per heavy atom. The van der Waals surface area contributed by atoms with Crippen molar-refractivity contribution in [1.29, 1.82) is 0 Å². The molecular weight excluding hydrogens is 294 g/mol. The molecule has 2 rings (SSSR count). The van der Waals surface area contributed by atoms with Crippen LogP contribution in [0.2, 0.25) is 0 Å². The number of amides is 1. The molecule has 1 aromatic carbocycles. The van der Waals surface area contributed by atoms with Crippen LogP contribution in [0.3, 0.4) is 0 Å². The molecule has 0 bridgehead atoms. The van der Waals surface area contributed by atoms with E-state index in [0.29, 0.717) is 17.2 Å². The maximum absolute atomic E-state index is 12.5. The Hall–Kier alpha value is -2.63. The molecule has 2 aromatic rings. The summed E-state index contributed by atoms with van der Waals surface area (Å²) in [5.41, 5.74) is 2.72. The number of nitrogens with one attached hydrogen (secondary N) is 1. The maximum Gasteiger partial charge on any atom is 0.335 e. The minimum atomic E-state index is -1.03. The maximum atomic E-state index is 12.5. The predicted molar refractivity (Wildman–Crippen MR) is 87.9 cm³/mol. The molecule has 1 heterocycles. The third-order valence-corrected chi connectivity index (χ3v) is 3.62. The lowest BCUT2D eigenvalue weighted by Crippen LogP contribution is -2.15. The topological polar surface area (TPSA) is 84.2 Å². The SMILES string of the molecule is Cc1ccc(C(=O)O)cc1NC(=O)c1cnn(CC(C)C)c1C. The molecule has 0 saturated heterocycles. The van der Waals surface area contributed by atoms with Gasteiger partial charge in [0.2, 0.25) is 0 Å². The van der Waals surface area contributed by atoms with Crippen LogP contribution in [0.1, 0.15) is 45.8 Å². The van der Waals surface area contributed by atoms with Crippen LogP contribution in [0.15, 0.2) is 24.4 Å². The van der Waals surface area contributed by atoms with Crippen molar-refractivity contribution in [2.75, 3.05) is 5.32 Å². The van der Waals surface area contributed by atoms with E-state index in [4.69, 9.17) is 5.11 Å². The van der Waals surface area contributed by atoms with E-state index in [2.05, 4.69) is 24.3 Å². The van der Waals surface area contributed by atoms with Gasteiger partial charge >= 0.3 is 5.97 Å². The van der Waals surface area contributed by atoms with E-state index in [1.54, 1.807) is 16.9 Å². The zero-order valence-electron chi connectivity index (χ0n) is 13.8. The van der Waals surface area contributed by atoms with E-state index in [9.17, 15) is 9.59 Å². The lowest BCUT2D eigenvalue weighted by molar-refractivity contribution is 0.0696. The monoisotopic (exact) mass is 315 g/mol. The second kappa shape index (κ2) is 6.64. The van der Waals surface area contributed by atoms with Crippen molar-refractivity contribution >= 4 is 17.6 Å². The summed E-state index contributed by atoms with van der Waals surface area (Å²) in [6, 6.07) is 4.65. The summed E-state index contributed by atoms with van der Waals surface area (Å²) in [6.45, 7) is 8.58. The lowest BCUT2D eigenvalue weighted by atomic mass is 10.1. The number of hydrogen-bond acceptors (Lipinski definition) is 3. The number of carboxylic acids is 1. The van der Waals surface area contributed by atoms with Crippen molar-refractivity contribution in [2.24, 2.45) is 5.92 Å². The van der Waals surface area contributed by atoms with E-state index in [-0.39, 0.29) is 11.5 Å². The number of carbonyl (C=O) groups excluding carboxylic acids is 1. The van der Waals surface area contributed by atoms with Crippen LogP contribution in [0, 0.1) is 19.8 Å². The Kier molecular flexibility index (Phi) is 4.83. The standard InChI is InChI=1S/C17H21N3O3/c1-10(2)9-20-12(4)14(8-18-20)16(21)19-15-7-13(17(22)23)6-5-11(15)3/h5-8,10H,9H2,1-4H3,(H,19,21)(H,22,23). The summed E-state index contributed by atoms with van der Waals surface area (Å²) in [6.07, 6.45) is 1.55. The lowest BCUT2D eigenvalue weighted by Gasteiger charge is -2.10. The van der Waals surface area contributed by atoms with Crippen molar-refractivity contribution in [2.45, 2.75) is 34.2 Å². The third kappa shape index (κ3) is 3.77. The molecule has 0 aliphatic carbocycles. The summed E-state index contributed by atoms with van der Waals surface area (Å²) in [5.74, 6) is -0.886. The number of aromatic nitrogens is 2. The van der Waals surface area contributed by atoms with Gasteiger partial charge < -0.3 is 10.4 Å². The largest absolute Gasteiger partial charge is 0.478 e. The molecule has 6 nitrogen and oxygen atoms in total. The van der Waals surface area contributed by atoms with E-state index < -0.39 is 5.97 Å². The number of aromatic carboxylic acids is 1. The molecule has 0 aliphatic heterocycles. The van der Waals surface area contributed by atoms with Gasteiger partial charge in [-0.05, 0) is 37.5 Å². The molecule has 1 aromatic heterocycles. The molecule has 23 heavy (non-hydrogen) atoms. The number of nitrogens with zero attached hydrogens (tertiary/aromatic N) is 2. The van der Waals surface area contributed by atoms with Crippen LogP contribution in [-0.4, -0.2) is 26.8 Å². The summed E-state index contributed by atoms with van der Waals surface area (Å²) < 4.78 is 1.81. The molecule has 2 N–H and O–H groups in total. The minimum Gasteiger partial charge on any atom is -0.478 e. The molecule has 1 amide bonds. The van der Waals surface area contributed by atoms with Gasteiger partial charge in [0, 0.05) is 17.9 Å². The van der Waals surface area contributed by atoms with Gasteiger partial charge in [0.1, 0.15) is 0 Å². The van der Waals surface area contributed by atoms with Crippen LogP contribution in [0.25, 0.3) is 0 Å². The summed E-state index contributed by atoms with van der Waals surface area (Å²) >= 11 is 0. The van der Waals surface area contributed by atoms with Gasteiger partial charge in [-0.15, -0.1) is 0 Å². The van der Waals surface area contributed by atoms with Gasteiger partial charge in [-0.1, -0.05) is 19.9 Å². The fourth-order valence-corrected chi connectivity index (χ4v) is 2.28. The van der Waals surface area contributed by atoms with E-state index >= 15 is 0 Å². The number of hydrogen-bond donors (Lipinski definition) is 2. The van der Waals surface area contributed by atoms with E-state index in [1.807, 2.05) is 13.8 Å². The fraction of sp³-hybridized carbons (Fsp3) is 0.353. The molecule has 0 radical (unpaired) electrons. The van der Waals surface area contributed by atoms with Crippen LogP contribution in [0.4, 0.5) is 5.69 Å². The highest BCUT2D eigenvalue weighted by atomic mass is 16.4. The van der Waals surface area contributed by atoms with Gasteiger partial charge in [-0.3, -0.25) is 9.48 Å². The van der Waals surface area contributed by atoms with E-state index in [1.165, 1.54) is 12.1 Å². The van der Waals surface area contributed by atoms with Gasteiger partial charge in [0.15, 0.2) is 0 Å². The zero-order chi connectivity index (χ0) is 17.1. The number of carboxylic acid groups (broad SMARTS) is 1. The molecule has 122 valence electrons. The molecule has 0 atom stereocenters. The van der Waals surface area contributed by atoms with Gasteiger partial charge in [-0.25, -0.2) is 4.79 Å². The van der Waals surface area contributed by atoms with Crippen molar-refractivity contribution in [3.05, 3.63) is 46.8 Å². The smallest absolute Gasteiger partial charge is 0.335 e. The first kappa shape index (κ1) is 16.7. The van der Waals surface area contributed by atoms with Gasteiger partial charge in [-0.2, -0.15) is 5.10 Å². The van der Waals surface area contributed by atoms with Crippen LogP contribution in [0.5, 0.6) is 0 Å². The van der Waals surface area contributed by atoms with Crippen LogP contribution in [-0.2, 0) is 6.54 Å². The average Bonchev–Trinajstić information content (AvgIpc) is 2.81. The summed E-state index contributed by atoms with van der Waals surface area (Å²) in [7, 11) is 0. The van der Waals surface area contributed by atoms with Crippen molar-refractivity contribution in [3.63, 3.8) is 0 Å². The number of rotatable bonds is 5. The van der Waals surface area contributed by atoms with Gasteiger partial charge in [0.05, 0.1) is 17.3 Å². The molecular formula is C17H21N3O3. The molecule has 0 saturated carbocycles. The Morgan fingerprint density at radius 1 is 1.30 bits per heavy atom. The Labute approximate surface area is 135 Å². The fourth-order valence-electron chi connectivity index (χ4n) is 2.28. The Bertz CT molecular complexity index is 748. The predicted octanol–water partition coefficient (Wildman–Crippen LogP) is 3.11. The number of aryl methyl sites for hydroxylation is 1. The highest BCUT2D eigenvalue weighted by Crippen LogP contribution is 2.19. The number of anilines is 1. The van der Waals surface area contributed by atoms with Crippen LogP contribution >= 0.6 is 0 Å². The minimum absolute atomic E-state index is 0.137.